The monoisotopic (exact) mass is 290 g/mol. The van der Waals surface area contributed by atoms with Crippen LogP contribution in [-0.2, 0) is 0 Å². The summed E-state index contributed by atoms with van der Waals surface area (Å²) in [4.78, 5) is 3.93. The maximum absolute atomic E-state index is 13.2. The third-order valence-electron chi connectivity index (χ3n) is 1.58. The number of pyridine rings is 1. The number of halogens is 2. The van der Waals surface area contributed by atoms with Crippen LogP contribution in [0.4, 0.5) is 10.2 Å². The Morgan fingerprint density at radius 2 is 2.47 bits per heavy atom. The number of anilines is 1. The van der Waals surface area contributed by atoms with Crippen LogP contribution in [0.5, 0.6) is 0 Å². The van der Waals surface area contributed by atoms with Crippen molar-refractivity contribution in [2.24, 2.45) is 0 Å². The maximum Gasteiger partial charge on any atom is 0.166 e. The van der Waals surface area contributed by atoms with Gasteiger partial charge in [0.25, 0.3) is 0 Å². The number of aromatic nitrogens is 1. The first-order chi connectivity index (χ1) is 7.24. The van der Waals surface area contributed by atoms with Crippen molar-refractivity contribution in [3.8, 4) is 0 Å². The molecule has 1 aromatic heterocycles. The molecule has 2 nitrogen and oxygen atoms in total. The summed E-state index contributed by atoms with van der Waals surface area (Å²) < 4.78 is 13.9. The van der Waals surface area contributed by atoms with Gasteiger partial charge in [0.15, 0.2) is 11.6 Å². The Morgan fingerprint density at radius 3 is 3.13 bits per heavy atom. The Morgan fingerprint density at radius 1 is 1.67 bits per heavy atom. The van der Waals surface area contributed by atoms with E-state index in [4.69, 9.17) is 0 Å². The number of thioether (sulfide) groups is 1. The molecule has 0 aliphatic carbocycles. The molecule has 0 aliphatic heterocycles. The van der Waals surface area contributed by atoms with Gasteiger partial charge >= 0.3 is 0 Å². The molecule has 1 N–H and O–H groups in total. The molecule has 0 aliphatic rings. The van der Waals surface area contributed by atoms with Crippen LogP contribution in [0.25, 0.3) is 0 Å². The Labute approximate surface area is 101 Å². The van der Waals surface area contributed by atoms with Crippen LogP contribution in [0.1, 0.15) is 0 Å². The van der Waals surface area contributed by atoms with E-state index in [0.29, 0.717) is 16.8 Å². The Bertz CT molecular complexity index is 333. The van der Waals surface area contributed by atoms with E-state index in [0.717, 1.165) is 11.5 Å². The van der Waals surface area contributed by atoms with Gasteiger partial charge in [-0.2, -0.15) is 11.8 Å². The zero-order valence-corrected chi connectivity index (χ0v) is 10.6. The highest BCUT2D eigenvalue weighted by molar-refractivity contribution is 9.10. The molecule has 0 spiro atoms. The lowest BCUT2D eigenvalue weighted by atomic mass is 10.4. The lowest BCUT2D eigenvalue weighted by molar-refractivity contribution is 0.624. The lowest BCUT2D eigenvalue weighted by Gasteiger charge is -2.05. The molecule has 0 fully saturated rings. The summed E-state index contributed by atoms with van der Waals surface area (Å²) in [5.41, 5.74) is 0. The Balaban J connectivity index is 2.34. The minimum atomic E-state index is -0.335. The predicted molar refractivity (Wildman–Crippen MR) is 67.9 cm³/mol. The van der Waals surface area contributed by atoms with Gasteiger partial charge in [-0.05, 0) is 22.0 Å². The molecule has 0 bridgehead atoms. The van der Waals surface area contributed by atoms with Crippen LogP contribution in [0.15, 0.2) is 29.4 Å². The molecule has 82 valence electrons. The summed E-state index contributed by atoms with van der Waals surface area (Å²) in [5, 5.41) is 2.94. The normalized spacial score (nSPS) is 10.0. The van der Waals surface area contributed by atoms with Gasteiger partial charge in [-0.25, -0.2) is 9.37 Å². The van der Waals surface area contributed by atoms with E-state index in [1.165, 1.54) is 6.07 Å². The minimum Gasteiger partial charge on any atom is -0.367 e. The van der Waals surface area contributed by atoms with Crippen LogP contribution in [0.2, 0.25) is 0 Å². The van der Waals surface area contributed by atoms with Gasteiger partial charge in [-0.1, -0.05) is 6.08 Å². The van der Waals surface area contributed by atoms with Crippen molar-refractivity contribution < 1.29 is 4.39 Å². The van der Waals surface area contributed by atoms with E-state index in [-0.39, 0.29) is 5.82 Å². The summed E-state index contributed by atoms with van der Waals surface area (Å²) >= 11 is 4.89. The van der Waals surface area contributed by atoms with Gasteiger partial charge in [-0.15, -0.1) is 6.58 Å². The second kappa shape index (κ2) is 6.85. The highest BCUT2D eigenvalue weighted by atomic mass is 79.9. The quantitative estimate of drug-likeness (QED) is 0.643. The second-order valence-electron chi connectivity index (χ2n) is 2.77. The second-order valence-corrected chi connectivity index (χ2v) is 4.84. The zero-order valence-electron chi connectivity index (χ0n) is 8.17. The molecule has 0 saturated heterocycles. The van der Waals surface area contributed by atoms with Gasteiger partial charge in [0, 0.05) is 28.7 Å². The number of rotatable bonds is 6. The molecule has 5 heteroatoms. The summed E-state index contributed by atoms with van der Waals surface area (Å²) in [7, 11) is 0. The third-order valence-corrected chi connectivity index (χ3v) is 2.98. The van der Waals surface area contributed by atoms with Gasteiger partial charge in [0.05, 0.1) is 0 Å². The van der Waals surface area contributed by atoms with Gasteiger partial charge in [0.1, 0.15) is 0 Å². The number of hydrogen-bond donors (Lipinski definition) is 1. The topological polar surface area (TPSA) is 24.9 Å². The number of nitrogens with zero attached hydrogens (tertiary/aromatic N) is 1. The maximum atomic E-state index is 13.2. The molecule has 0 radical (unpaired) electrons. The van der Waals surface area contributed by atoms with Crippen LogP contribution in [-0.4, -0.2) is 23.0 Å². The van der Waals surface area contributed by atoms with E-state index in [9.17, 15) is 4.39 Å². The fraction of sp³-hybridized carbons (Fsp3) is 0.300. The molecular formula is C10H12BrFN2S. The standard InChI is InChI=1S/C10H12BrFN2S/c1-2-4-15-5-3-13-10-9(12)6-8(11)7-14-10/h2,6-7H,1,3-5H2,(H,13,14). The van der Waals surface area contributed by atoms with Crippen molar-refractivity contribution >= 4 is 33.5 Å². The largest absolute Gasteiger partial charge is 0.367 e. The molecule has 0 atom stereocenters. The van der Waals surface area contributed by atoms with E-state index in [1.54, 1.807) is 18.0 Å². The fourth-order valence-corrected chi connectivity index (χ4v) is 1.84. The Kier molecular flexibility index (Phi) is 5.71. The van der Waals surface area contributed by atoms with Crippen LogP contribution in [0, 0.1) is 5.82 Å². The van der Waals surface area contributed by atoms with E-state index in [2.05, 4.69) is 32.8 Å². The number of nitrogens with one attached hydrogen (secondary N) is 1. The van der Waals surface area contributed by atoms with Crippen molar-refractivity contribution in [2.45, 2.75) is 0 Å². The molecule has 1 aromatic rings. The number of hydrogen-bond acceptors (Lipinski definition) is 3. The van der Waals surface area contributed by atoms with Gasteiger partial charge in [0.2, 0.25) is 0 Å². The van der Waals surface area contributed by atoms with Crippen molar-refractivity contribution in [3.63, 3.8) is 0 Å². The van der Waals surface area contributed by atoms with Crippen molar-refractivity contribution in [1.82, 2.24) is 4.98 Å². The molecular weight excluding hydrogens is 279 g/mol. The summed E-state index contributed by atoms with van der Waals surface area (Å²) in [6.45, 7) is 4.32. The van der Waals surface area contributed by atoms with E-state index in [1.807, 2.05) is 6.08 Å². The van der Waals surface area contributed by atoms with Gasteiger partial charge < -0.3 is 5.32 Å². The van der Waals surface area contributed by atoms with Crippen molar-refractivity contribution in [1.29, 1.82) is 0 Å². The van der Waals surface area contributed by atoms with Gasteiger partial charge in [-0.3, -0.25) is 0 Å². The SMILES string of the molecule is C=CCSCCNc1ncc(Br)cc1F. The molecule has 1 rings (SSSR count). The molecule has 0 unspecified atom stereocenters. The molecule has 0 aromatic carbocycles. The van der Waals surface area contributed by atoms with Crippen LogP contribution >= 0.6 is 27.7 Å². The van der Waals surface area contributed by atoms with E-state index < -0.39 is 0 Å². The first kappa shape index (κ1) is 12.5. The first-order valence-electron chi connectivity index (χ1n) is 4.47. The third kappa shape index (κ3) is 4.66. The predicted octanol–water partition coefficient (Wildman–Crippen LogP) is 3.31. The molecule has 15 heavy (non-hydrogen) atoms. The zero-order chi connectivity index (χ0) is 11.1. The Hall–Kier alpha value is -0.550. The summed E-state index contributed by atoms with van der Waals surface area (Å²) in [6.07, 6.45) is 3.42. The summed E-state index contributed by atoms with van der Waals surface area (Å²) in [5.74, 6) is 1.79. The highest BCUT2D eigenvalue weighted by Crippen LogP contribution is 2.15. The first-order valence-corrected chi connectivity index (χ1v) is 6.42. The average Bonchev–Trinajstić information content (AvgIpc) is 2.20. The van der Waals surface area contributed by atoms with Crippen LogP contribution in [0.3, 0.4) is 0 Å². The average molecular weight is 291 g/mol. The summed E-state index contributed by atoms with van der Waals surface area (Å²) in [6, 6.07) is 1.40. The van der Waals surface area contributed by atoms with Crippen molar-refractivity contribution in [3.05, 3.63) is 35.2 Å². The van der Waals surface area contributed by atoms with E-state index >= 15 is 0 Å². The molecule has 0 amide bonds. The lowest BCUT2D eigenvalue weighted by Crippen LogP contribution is -2.07. The van der Waals surface area contributed by atoms with Crippen molar-refractivity contribution in [2.75, 3.05) is 23.4 Å². The minimum absolute atomic E-state index is 0.303. The smallest absolute Gasteiger partial charge is 0.166 e. The molecule has 0 saturated carbocycles. The highest BCUT2D eigenvalue weighted by Gasteiger charge is 2.02. The van der Waals surface area contributed by atoms with Crippen LogP contribution < -0.4 is 5.32 Å². The molecule has 1 heterocycles. The fourth-order valence-electron chi connectivity index (χ4n) is 0.953.